The van der Waals surface area contributed by atoms with Crippen molar-refractivity contribution in [3.05, 3.63) is 24.2 Å². The molecule has 7 nitrogen and oxygen atoms in total. The molecule has 1 aromatic rings. The molecule has 0 bridgehead atoms. The molecule has 1 saturated carbocycles. The van der Waals surface area contributed by atoms with Gasteiger partial charge in [0, 0.05) is 19.0 Å². The van der Waals surface area contributed by atoms with Crippen LogP contribution in [0.15, 0.2) is 22.8 Å². The number of likely N-dealkylation sites (tertiary alicyclic amines) is 1. The lowest BCUT2D eigenvalue weighted by Crippen LogP contribution is -2.48. The maximum atomic E-state index is 12.6. The first-order chi connectivity index (χ1) is 10.1. The summed E-state index contributed by atoms with van der Waals surface area (Å²) in [5, 5.41) is 18.9. The lowest BCUT2D eigenvalue weighted by Gasteiger charge is -2.29. The average molecular weight is 294 g/mol. The van der Waals surface area contributed by atoms with E-state index in [1.54, 1.807) is 23.3 Å². The zero-order valence-corrected chi connectivity index (χ0v) is 11.5. The smallest absolute Gasteiger partial charge is 0.326 e. The first kappa shape index (κ1) is 13.9. The molecule has 21 heavy (non-hydrogen) atoms. The Bertz CT molecular complexity index is 525. The van der Waals surface area contributed by atoms with Crippen LogP contribution in [0.1, 0.15) is 25.0 Å². The maximum Gasteiger partial charge on any atom is 0.326 e. The molecule has 2 fully saturated rings. The lowest BCUT2D eigenvalue weighted by molar-refractivity contribution is -0.141. The number of β-amino-alcohol motifs (C(OH)–C–C–N with tert-alkyl or cyclic N) is 1. The number of carboxylic acids is 1. The van der Waals surface area contributed by atoms with Crippen molar-refractivity contribution in [3.63, 3.8) is 0 Å². The van der Waals surface area contributed by atoms with Gasteiger partial charge < -0.3 is 24.4 Å². The number of carbonyl (C=O) groups is 2. The number of furan rings is 1. The van der Waals surface area contributed by atoms with E-state index in [9.17, 15) is 19.8 Å². The van der Waals surface area contributed by atoms with Crippen molar-refractivity contribution in [2.45, 2.75) is 44.0 Å². The Morgan fingerprint density at radius 1 is 1.43 bits per heavy atom. The van der Waals surface area contributed by atoms with Crippen molar-refractivity contribution in [1.29, 1.82) is 0 Å². The number of aliphatic hydroxyl groups excluding tert-OH is 1. The molecule has 2 amide bonds. The molecule has 1 saturated heterocycles. The van der Waals surface area contributed by atoms with E-state index in [-0.39, 0.29) is 25.0 Å². The van der Waals surface area contributed by atoms with E-state index < -0.39 is 18.1 Å². The van der Waals surface area contributed by atoms with Gasteiger partial charge in [0.15, 0.2) is 0 Å². The molecule has 7 heteroatoms. The summed E-state index contributed by atoms with van der Waals surface area (Å²) < 4.78 is 5.27. The van der Waals surface area contributed by atoms with E-state index in [1.807, 2.05) is 0 Å². The van der Waals surface area contributed by atoms with Crippen LogP contribution in [0.25, 0.3) is 0 Å². The number of nitrogens with zero attached hydrogens (tertiary/aromatic N) is 2. The zero-order valence-electron chi connectivity index (χ0n) is 11.5. The van der Waals surface area contributed by atoms with Crippen LogP contribution in [-0.2, 0) is 11.3 Å². The van der Waals surface area contributed by atoms with Crippen LogP contribution in [0.5, 0.6) is 0 Å². The van der Waals surface area contributed by atoms with Crippen molar-refractivity contribution in [3.8, 4) is 0 Å². The molecular formula is C14H18N2O5. The van der Waals surface area contributed by atoms with Crippen molar-refractivity contribution in [2.75, 3.05) is 6.54 Å². The standard InChI is InChI=1S/C14H18N2O5/c17-10-6-12(13(18)19)16(7-10)14(20)15(9-3-4-9)8-11-2-1-5-21-11/h1-2,5,9-10,12,17H,3-4,6-8H2,(H,18,19)/t10?,12-/m0/s1. The Hall–Kier alpha value is -2.02. The number of amides is 2. The number of hydrogen-bond donors (Lipinski definition) is 2. The third-order valence-electron chi connectivity index (χ3n) is 3.95. The van der Waals surface area contributed by atoms with Gasteiger partial charge in [0.05, 0.1) is 18.9 Å². The molecule has 3 rings (SSSR count). The molecule has 1 unspecified atom stereocenters. The fourth-order valence-corrected chi connectivity index (χ4v) is 2.73. The van der Waals surface area contributed by atoms with Gasteiger partial charge in [-0.3, -0.25) is 0 Å². The van der Waals surface area contributed by atoms with Gasteiger partial charge in [-0.05, 0) is 25.0 Å². The lowest BCUT2D eigenvalue weighted by atomic mass is 10.2. The molecule has 1 aliphatic carbocycles. The van der Waals surface area contributed by atoms with Gasteiger partial charge in [0.2, 0.25) is 0 Å². The van der Waals surface area contributed by atoms with Crippen LogP contribution in [0.4, 0.5) is 4.79 Å². The fourth-order valence-electron chi connectivity index (χ4n) is 2.73. The van der Waals surface area contributed by atoms with E-state index in [1.165, 1.54) is 4.90 Å². The van der Waals surface area contributed by atoms with Gasteiger partial charge in [-0.1, -0.05) is 0 Å². The average Bonchev–Trinajstić information content (AvgIpc) is 2.99. The van der Waals surface area contributed by atoms with Crippen LogP contribution < -0.4 is 0 Å². The first-order valence-electron chi connectivity index (χ1n) is 7.06. The van der Waals surface area contributed by atoms with Gasteiger partial charge in [-0.25, -0.2) is 9.59 Å². The number of rotatable bonds is 4. The first-order valence-corrected chi connectivity index (χ1v) is 7.06. The highest BCUT2D eigenvalue weighted by atomic mass is 16.4. The molecule has 0 aromatic carbocycles. The molecular weight excluding hydrogens is 276 g/mol. The van der Waals surface area contributed by atoms with E-state index in [2.05, 4.69) is 0 Å². The van der Waals surface area contributed by atoms with E-state index in [4.69, 9.17) is 4.42 Å². The Morgan fingerprint density at radius 2 is 2.19 bits per heavy atom. The summed E-state index contributed by atoms with van der Waals surface area (Å²) in [5.74, 6) is -0.407. The fraction of sp³-hybridized carbons (Fsp3) is 0.571. The van der Waals surface area contributed by atoms with Crippen LogP contribution in [0.3, 0.4) is 0 Å². The second-order valence-electron chi connectivity index (χ2n) is 5.62. The summed E-state index contributed by atoms with van der Waals surface area (Å²) in [4.78, 5) is 26.8. The zero-order chi connectivity index (χ0) is 15.0. The summed E-state index contributed by atoms with van der Waals surface area (Å²) in [6.07, 6.45) is 2.69. The summed E-state index contributed by atoms with van der Waals surface area (Å²) in [5.41, 5.74) is 0. The van der Waals surface area contributed by atoms with Crippen LogP contribution in [-0.4, -0.2) is 56.7 Å². The summed E-state index contributed by atoms with van der Waals surface area (Å²) in [6.45, 7) is 0.395. The topological polar surface area (TPSA) is 94.2 Å². The van der Waals surface area contributed by atoms with Crippen LogP contribution >= 0.6 is 0 Å². The molecule has 1 aliphatic heterocycles. The van der Waals surface area contributed by atoms with Gasteiger partial charge >= 0.3 is 12.0 Å². The van der Waals surface area contributed by atoms with Crippen molar-refractivity contribution in [1.82, 2.24) is 9.80 Å². The number of carbonyl (C=O) groups excluding carboxylic acids is 1. The minimum atomic E-state index is -1.08. The Morgan fingerprint density at radius 3 is 2.76 bits per heavy atom. The number of urea groups is 1. The second kappa shape index (κ2) is 5.40. The highest BCUT2D eigenvalue weighted by molar-refractivity contribution is 5.83. The Kier molecular flexibility index (Phi) is 3.59. The molecule has 2 atom stereocenters. The van der Waals surface area contributed by atoms with Crippen molar-refractivity contribution >= 4 is 12.0 Å². The van der Waals surface area contributed by atoms with Crippen LogP contribution in [0, 0.1) is 0 Å². The Balaban J connectivity index is 1.75. The minimum Gasteiger partial charge on any atom is -0.480 e. The third kappa shape index (κ3) is 2.87. The molecule has 114 valence electrons. The quantitative estimate of drug-likeness (QED) is 0.860. The summed E-state index contributed by atoms with van der Waals surface area (Å²) >= 11 is 0. The van der Waals surface area contributed by atoms with Crippen molar-refractivity contribution < 1.29 is 24.2 Å². The molecule has 0 spiro atoms. The number of carboxylic acid groups (broad SMARTS) is 1. The molecule has 2 aliphatic rings. The maximum absolute atomic E-state index is 12.6. The predicted octanol–water partition coefficient (Wildman–Crippen LogP) is 0.884. The highest BCUT2D eigenvalue weighted by Gasteiger charge is 2.43. The molecule has 2 N–H and O–H groups in total. The van der Waals surface area contributed by atoms with Gasteiger partial charge in [-0.2, -0.15) is 0 Å². The molecule has 0 radical (unpaired) electrons. The van der Waals surface area contributed by atoms with Gasteiger partial charge in [0.1, 0.15) is 11.8 Å². The van der Waals surface area contributed by atoms with E-state index in [0.717, 1.165) is 12.8 Å². The summed E-state index contributed by atoms with van der Waals surface area (Å²) in [7, 11) is 0. The van der Waals surface area contributed by atoms with E-state index >= 15 is 0 Å². The molecule has 1 aromatic heterocycles. The Labute approximate surface area is 121 Å². The van der Waals surface area contributed by atoms with Gasteiger partial charge in [-0.15, -0.1) is 0 Å². The minimum absolute atomic E-state index is 0.0666. The number of hydrogen-bond acceptors (Lipinski definition) is 4. The SMILES string of the molecule is O=C(O)[C@@H]1CC(O)CN1C(=O)N(Cc1ccco1)C1CC1. The second-order valence-corrected chi connectivity index (χ2v) is 5.62. The monoisotopic (exact) mass is 294 g/mol. The summed E-state index contributed by atoms with van der Waals surface area (Å²) in [6, 6.07) is 2.39. The normalized spacial score (nSPS) is 25.1. The number of aliphatic carboxylic acids is 1. The highest BCUT2D eigenvalue weighted by Crippen LogP contribution is 2.31. The molecule has 2 heterocycles. The number of aliphatic hydroxyl groups is 1. The third-order valence-corrected chi connectivity index (χ3v) is 3.95. The van der Waals surface area contributed by atoms with E-state index in [0.29, 0.717) is 12.3 Å². The van der Waals surface area contributed by atoms with Crippen LogP contribution in [0.2, 0.25) is 0 Å². The van der Waals surface area contributed by atoms with Crippen molar-refractivity contribution in [2.24, 2.45) is 0 Å². The largest absolute Gasteiger partial charge is 0.480 e. The van der Waals surface area contributed by atoms with Gasteiger partial charge in [0.25, 0.3) is 0 Å². The predicted molar refractivity (Wildman–Crippen MR) is 71.4 cm³/mol.